The maximum atomic E-state index is 5.72. The van der Waals surface area contributed by atoms with Crippen LogP contribution in [0.1, 0.15) is 18.4 Å². The van der Waals surface area contributed by atoms with Crippen LogP contribution < -0.4 is 5.32 Å². The van der Waals surface area contributed by atoms with Gasteiger partial charge in [0.2, 0.25) is 0 Å². The molecule has 1 N–H and O–H groups in total. The lowest BCUT2D eigenvalue weighted by atomic mass is 10.2. The molecule has 3 aromatic rings. The van der Waals surface area contributed by atoms with Crippen molar-refractivity contribution in [3.05, 3.63) is 42.0 Å². The Balaban J connectivity index is 1.44. The minimum atomic E-state index is 0.618. The zero-order valence-corrected chi connectivity index (χ0v) is 12.0. The fraction of sp³-hybridized carbons (Fsp3) is 0.333. The molecule has 0 aliphatic heterocycles. The summed E-state index contributed by atoms with van der Waals surface area (Å²) >= 11 is 0. The fourth-order valence-electron chi connectivity index (χ4n) is 2.23. The van der Waals surface area contributed by atoms with Crippen molar-refractivity contribution < 1.29 is 4.74 Å². The number of hydrogen-bond acceptors (Lipinski definition) is 6. The third-order valence-electron chi connectivity index (χ3n) is 3.59. The molecule has 0 spiro atoms. The number of rotatable bonds is 6. The molecular weight excluding hydrogens is 280 g/mol. The van der Waals surface area contributed by atoms with E-state index in [0.29, 0.717) is 18.1 Å². The summed E-state index contributed by atoms with van der Waals surface area (Å²) < 4.78 is 7.12. The third-order valence-corrected chi connectivity index (χ3v) is 3.59. The lowest BCUT2D eigenvalue weighted by Crippen LogP contribution is -2.01. The number of nitrogens with zero attached hydrogens (tertiary/aromatic N) is 5. The third kappa shape index (κ3) is 3.04. The Morgan fingerprint density at radius 3 is 3.09 bits per heavy atom. The van der Waals surface area contributed by atoms with Gasteiger partial charge >= 0.3 is 0 Å². The zero-order valence-electron chi connectivity index (χ0n) is 12.0. The summed E-state index contributed by atoms with van der Waals surface area (Å²) in [4.78, 5) is 0. The van der Waals surface area contributed by atoms with Crippen LogP contribution in [0, 0.1) is 5.92 Å². The molecule has 2 aromatic heterocycles. The Kier molecular flexibility index (Phi) is 3.40. The van der Waals surface area contributed by atoms with Gasteiger partial charge in [-0.25, -0.2) is 0 Å². The van der Waals surface area contributed by atoms with Crippen molar-refractivity contribution in [3.63, 3.8) is 0 Å². The first-order chi connectivity index (χ1) is 10.9. The highest BCUT2D eigenvalue weighted by Gasteiger charge is 2.20. The first-order valence-corrected chi connectivity index (χ1v) is 7.36. The molecule has 1 fully saturated rings. The average molecular weight is 296 g/mol. The molecule has 0 saturated heterocycles. The highest BCUT2D eigenvalue weighted by molar-refractivity contribution is 5.57. The van der Waals surface area contributed by atoms with Gasteiger partial charge in [-0.15, -0.1) is 14.8 Å². The number of anilines is 2. The number of fused-ring (bicyclic) bond motifs is 1. The summed E-state index contributed by atoms with van der Waals surface area (Å²) in [6.07, 6.45) is 2.62. The highest BCUT2D eigenvalue weighted by atomic mass is 16.5. The minimum absolute atomic E-state index is 0.618. The first kappa shape index (κ1) is 13.1. The van der Waals surface area contributed by atoms with Gasteiger partial charge in [0.1, 0.15) is 0 Å². The van der Waals surface area contributed by atoms with Crippen LogP contribution in [0.2, 0.25) is 0 Å². The van der Waals surface area contributed by atoms with Gasteiger partial charge in [-0.2, -0.15) is 0 Å². The van der Waals surface area contributed by atoms with Crippen molar-refractivity contribution in [1.82, 2.24) is 25.3 Å². The summed E-state index contributed by atoms with van der Waals surface area (Å²) in [6.45, 7) is 1.51. The molecule has 4 rings (SSSR count). The second kappa shape index (κ2) is 5.69. The summed E-state index contributed by atoms with van der Waals surface area (Å²) in [5.74, 6) is 1.48. The molecule has 0 atom stereocenters. The standard InChI is InChI=1S/C15H16N6O/c1-2-12(10-22-9-11-4-5-11)8-13(3-1)16-14-6-7-15-17-19-20-21(15)18-14/h1-3,6-8,11H,4-5,9-10H2,(H,16,18). The summed E-state index contributed by atoms with van der Waals surface area (Å²) in [6, 6.07) is 11.8. The minimum Gasteiger partial charge on any atom is -0.376 e. The van der Waals surface area contributed by atoms with Crippen molar-refractivity contribution in [2.75, 3.05) is 11.9 Å². The Morgan fingerprint density at radius 2 is 2.18 bits per heavy atom. The van der Waals surface area contributed by atoms with Gasteiger partial charge in [0, 0.05) is 12.3 Å². The average Bonchev–Trinajstić information content (AvgIpc) is 3.23. The van der Waals surface area contributed by atoms with Crippen molar-refractivity contribution in [3.8, 4) is 0 Å². The molecule has 0 radical (unpaired) electrons. The lowest BCUT2D eigenvalue weighted by molar-refractivity contribution is 0.111. The molecule has 1 aromatic carbocycles. The van der Waals surface area contributed by atoms with Crippen LogP contribution in [-0.4, -0.2) is 31.9 Å². The van der Waals surface area contributed by atoms with Crippen LogP contribution in [0.4, 0.5) is 11.5 Å². The number of nitrogens with one attached hydrogen (secondary N) is 1. The largest absolute Gasteiger partial charge is 0.376 e. The van der Waals surface area contributed by atoms with Gasteiger partial charge in [-0.3, -0.25) is 0 Å². The van der Waals surface area contributed by atoms with Gasteiger partial charge < -0.3 is 10.1 Å². The quantitative estimate of drug-likeness (QED) is 0.751. The summed E-state index contributed by atoms with van der Waals surface area (Å²) in [5.41, 5.74) is 2.73. The fourth-order valence-corrected chi connectivity index (χ4v) is 2.23. The van der Waals surface area contributed by atoms with Gasteiger partial charge in [0.05, 0.1) is 6.61 Å². The Hall–Kier alpha value is -2.54. The number of tetrazole rings is 1. The van der Waals surface area contributed by atoms with Gasteiger partial charge in [0.25, 0.3) is 0 Å². The van der Waals surface area contributed by atoms with E-state index in [9.17, 15) is 0 Å². The maximum Gasteiger partial charge on any atom is 0.200 e. The van der Waals surface area contributed by atoms with Gasteiger partial charge in [-0.1, -0.05) is 12.1 Å². The molecule has 0 amide bonds. The van der Waals surface area contributed by atoms with E-state index in [1.165, 1.54) is 17.5 Å². The Labute approximate surface area is 127 Å². The van der Waals surface area contributed by atoms with Crippen molar-refractivity contribution in [1.29, 1.82) is 0 Å². The summed E-state index contributed by atoms with van der Waals surface area (Å²) in [5, 5.41) is 18.7. The van der Waals surface area contributed by atoms with Gasteiger partial charge in [0.15, 0.2) is 11.5 Å². The normalized spacial score (nSPS) is 14.4. The number of aromatic nitrogens is 5. The topological polar surface area (TPSA) is 77.2 Å². The molecule has 2 heterocycles. The predicted octanol–water partition coefficient (Wildman–Crippen LogP) is 2.19. The first-order valence-electron chi connectivity index (χ1n) is 7.36. The van der Waals surface area contributed by atoms with E-state index in [-0.39, 0.29) is 0 Å². The van der Waals surface area contributed by atoms with Crippen LogP contribution in [-0.2, 0) is 11.3 Å². The number of hydrogen-bond donors (Lipinski definition) is 1. The monoisotopic (exact) mass is 296 g/mol. The van der Waals surface area contributed by atoms with Crippen molar-refractivity contribution in [2.24, 2.45) is 5.92 Å². The molecule has 1 aliphatic rings. The molecule has 1 aliphatic carbocycles. The highest BCUT2D eigenvalue weighted by Crippen LogP contribution is 2.29. The van der Waals surface area contributed by atoms with Crippen molar-refractivity contribution in [2.45, 2.75) is 19.4 Å². The smallest absolute Gasteiger partial charge is 0.200 e. The molecule has 22 heavy (non-hydrogen) atoms. The molecule has 7 heteroatoms. The molecular formula is C15H16N6O. The van der Waals surface area contributed by atoms with Crippen LogP contribution >= 0.6 is 0 Å². The van der Waals surface area contributed by atoms with E-state index in [0.717, 1.165) is 23.8 Å². The van der Waals surface area contributed by atoms with E-state index in [1.54, 1.807) is 0 Å². The number of benzene rings is 1. The predicted molar refractivity (Wildman–Crippen MR) is 80.7 cm³/mol. The van der Waals surface area contributed by atoms with E-state index in [4.69, 9.17) is 4.74 Å². The molecule has 112 valence electrons. The van der Waals surface area contributed by atoms with E-state index in [2.05, 4.69) is 38.1 Å². The van der Waals surface area contributed by atoms with E-state index < -0.39 is 0 Å². The van der Waals surface area contributed by atoms with E-state index >= 15 is 0 Å². The van der Waals surface area contributed by atoms with Crippen LogP contribution in [0.5, 0.6) is 0 Å². The van der Waals surface area contributed by atoms with Crippen LogP contribution in [0.25, 0.3) is 5.65 Å². The van der Waals surface area contributed by atoms with Crippen molar-refractivity contribution >= 4 is 17.2 Å². The number of ether oxygens (including phenoxy) is 1. The molecule has 0 bridgehead atoms. The van der Waals surface area contributed by atoms with Crippen LogP contribution in [0.15, 0.2) is 36.4 Å². The zero-order chi connectivity index (χ0) is 14.8. The second-order valence-electron chi connectivity index (χ2n) is 5.53. The second-order valence-corrected chi connectivity index (χ2v) is 5.53. The molecule has 0 unspecified atom stereocenters. The van der Waals surface area contributed by atoms with E-state index in [1.807, 2.05) is 24.3 Å². The maximum absolute atomic E-state index is 5.72. The Morgan fingerprint density at radius 1 is 1.23 bits per heavy atom. The van der Waals surface area contributed by atoms with Gasteiger partial charge in [-0.05, 0) is 59.0 Å². The SMILES string of the molecule is c1cc(COCC2CC2)cc(Nc2ccc3nnnn3n2)c1. The Bertz CT molecular complexity index is 782. The molecule has 1 saturated carbocycles. The molecule has 7 nitrogen and oxygen atoms in total. The lowest BCUT2D eigenvalue weighted by Gasteiger charge is -2.08. The van der Waals surface area contributed by atoms with Crippen LogP contribution in [0.3, 0.4) is 0 Å². The summed E-state index contributed by atoms with van der Waals surface area (Å²) in [7, 11) is 0.